The summed E-state index contributed by atoms with van der Waals surface area (Å²) < 4.78 is 2.96. The van der Waals surface area contributed by atoms with E-state index in [0.29, 0.717) is 15.2 Å². The van der Waals surface area contributed by atoms with Crippen molar-refractivity contribution in [1.82, 2.24) is 14.8 Å². The number of thioether (sulfide) groups is 1. The number of nitrogens with zero attached hydrogens (tertiary/aromatic N) is 3. The van der Waals surface area contributed by atoms with Gasteiger partial charge in [-0.15, -0.1) is 10.2 Å². The van der Waals surface area contributed by atoms with Gasteiger partial charge in [0.25, 0.3) is 0 Å². The highest BCUT2D eigenvalue weighted by Crippen LogP contribution is 2.32. The van der Waals surface area contributed by atoms with Crippen LogP contribution < -0.4 is 5.73 Å². The fourth-order valence-corrected chi connectivity index (χ4v) is 5.22. The summed E-state index contributed by atoms with van der Waals surface area (Å²) in [7, 11) is 0. The van der Waals surface area contributed by atoms with Crippen LogP contribution in [0.2, 0.25) is 0 Å². The molecule has 0 atom stereocenters. The van der Waals surface area contributed by atoms with Crippen molar-refractivity contribution in [3.8, 4) is 0 Å². The number of Topliss-reactive ketones (excluding diaryl/α,β-unsaturated/α-hetero) is 1. The molecule has 0 aliphatic rings. The molecular formula is C23H22N4OS2. The van der Waals surface area contributed by atoms with Crippen LogP contribution in [0.5, 0.6) is 0 Å². The molecule has 152 valence electrons. The van der Waals surface area contributed by atoms with E-state index in [1.807, 2.05) is 25.1 Å². The van der Waals surface area contributed by atoms with Crippen molar-refractivity contribution >= 4 is 34.0 Å². The molecule has 7 heteroatoms. The lowest BCUT2D eigenvalue weighted by molar-refractivity contribution is 0.102. The normalized spacial score (nSPS) is 11.2. The number of rotatable bonds is 7. The summed E-state index contributed by atoms with van der Waals surface area (Å²) in [6, 6.07) is 22.8. The Morgan fingerprint density at radius 1 is 1.03 bits per heavy atom. The second-order valence-corrected chi connectivity index (χ2v) is 9.23. The van der Waals surface area contributed by atoms with E-state index in [1.165, 1.54) is 34.2 Å². The van der Waals surface area contributed by atoms with Crippen LogP contribution >= 0.6 is 23.1 Å². The van der Waals surface area contributed by atoms with Crippen LogP contribution in [0.3, 0.4) is 0 Å². The van der Waals surface area contributed by atoms with Gasteiger partial charge in [-0.05, 0) is 31.0 Å². The van der Waals surface area contributed by atoms with Crippen LogP contribution in [0.1, 0.15) is 38.9 Å². The molecule has 0 radical (unpaired) electrons. The van der Waals surface area contributed by atoms with E-state index in [-0.39, 0.29) is 11.8 Å². The number of benzene rings is 2. The van der Waals surface area contributed by atoms with E-state index in [2.05, 4.69) is 70.2 Å². The molecule has 0 saturated heterocycles. The highest BCUT2D eigenvalue weighted by atomic mass is 32.2. The number of carbonyl (C=O) groups excluding carboxylic acids is 1. The lowest BCUT2D eigenvalue weighted by atomic mass is 9.98. The molecule has 2 aromatic carbocycles. The van der Waals surface area contributed by atoms with Crippen LogP contribution in [-0.4, -0.2) is 26.3 Å². The van der Waals surface area contributed by atoms with Crippen molar-refractivity contribution < 1.29 is 4.79 Å². The summed E-state index contributed by atoms with van der Waals surface area (Å²) in [5.41, 5.74) is 10.8. The van der Waals surface area contributed by atoms with Gasteiger partial charge in [0, 0.05) is 17.0 Å². The van der Waals surface area contributed by atoms with Crippen molar-refractivity contribution in [2.45, 2.75) is 24.2 Å². The Hall–Kier alpha value is -2.90. The maximum Gasteiger partial charge on any atom is 0.203 e. The molecule has 4 aromatic rings. The standard InChI is InChI=1S/C23H22N4OS2/c1-15-13-19(20(28)14-29-23-26-25-22(24)30-23)16(2)27(15)21(17-9-5-3-6-10-17)18-11-7-4-8-12-18/h3-13,21H,14H2,1-2H3,(H2,24,25). The van der Waals surface area contributed by atoms with Gasteiger partial charge in [0.05, 0.1) is 11.8 Å². The number of nitrogen functional groups attached to an aromatic ring is 1. The molecule has 2 aromatic heterocycles. The molecule has 0 unspecified atom stereocenters. The average molecular weight is 435 g/mol. The first-order valence-corrected chi connectivity index (χ1v) is 11.4. The van der Waals surface area contributed by atoms with Crippen LogP contribution in [-0.2, 0) is 0 Å². The Kier molecular flexibility index (Phi) is 6.01. The SMILES string of the molecule is Cc1cc(C(=O)CSc2nnc(N)s2)c(C)n1C(c1ccccc1)c1ccccc1. The Balaban J connectivity index is 1.69. The second kappa shape index (κ2) is 8.85. The molecule has 2 N–H and O–H groups in total. The first-order valence-electron chi connectivity index (χ1n) is 9.58. The minimum absolute atomic E-state index is 0.00423. The number of hydrogen-bond acceptors (Lipinski definition) is 6. The molecule has 0 bridgehead atoms. The predicted octanol–water partition coefficient (Wildman–Crippen LogP) is 5.15. The quantitative estimate of drug-likeness (QED) is 0.322. The molecule has 0 amide bonds. The van der Waals surface area contributed by atoms with Gasteiger partial charge in [-0.2, -0.15) is 0 Å². The fraction of sp³-hybridized carbons (Fsp3) is 0.174. The van der Waals surface area contributed by atoms with Gasteiger partial charge in [0.2, 0.25) is 5.13 Å². The van der Waals surface area contributed by atoms with E-state index in [9.17, 15) is 4.79 Å². The van der Waals surface area contributed by atoms with Crippen molar-refractivity contribution in [1.29, 1.82) is 0 Å². The Bertz CT molecular complexity index is 1110. The van der Waals surface area contributed by atoms with Gasteiger partial charge in [-0.25, -0.2) is 0 Å². The van der Waals surface area contributed by atoms with E-state index >= 15 is 0 Å². The monoisotopic (exact) mass is 434 g/mol. The van der Waals surface area contributed by atoms with Gasteiger partial charge in [0.15, 0.2) is 10.1 Å². The smallest absolute Gasteiger partial charge is 0.203 e. The van der Waals surface area contributed by atoms with Crippen LogP contribution in [0.25, 0.3) is 0 Å². The number of ketones is 1. The summed E-state index contributed by atoms with van der Waals surface area (Å²) in [5.74, 6) is 0.383. The predicted molar refractivity (Wildman–Crippen MR) is 123 cm³/mol. The van der Waals surface area contributed by atoms with Crippen molar-refractivity contribution in [3.05, 3.63) is 94.8 Å². The molecule has 0 saturated carbocycles. The molecule has 2 heterocycles. The summed E-state index contributed by atoms with van der Waals surface area (Å²) >= 11 is 2.67. The van der Waals surface area contributed by atoms with Gasteiger partial charge < -0.3 is 10.3 Å². The van der Waals surface area contributed by atoms with Crippen LogP contribution in [0.4, 0.5) is 5.13 Å². The lowest BCUT2D eigenvalue weighted by Crippen LogP contribution is -2.16. The van der Waals surface area contributed by atoms with E-state index in [4.69, 9.17) is 5.73 Å². The minimum Gasteiger partial charge on any atom is -0.374 e. The number of hydrogen-bond donors (Lipinski definition) is 1. The maximum absolute atomic E-state index is 13.0. The highest BCUT2D eigenvalue weighted by molar-refractivity contribution is 8.01. The third kappa shape index (κ3) is 4.17. The minimum atomic E-state index is 0.00423. The second-order valence-electron chi connectivity index (χ2n) is 7.00. The van der Waals surface area contributed by atoms with E-state index < -0.39 is 0 Å². The zero-order valence-electron chi connectivity index (χ0n) is 16.8. The zero-order valence-corrected chi connectivity index (χ0v) is 18.4. The van der Waals surface area contributed by atoms with E-state index in [1.54, 1.807) is 0 Å². The van der Waals surface area contributed by atoms with E-state index in [0.717, 1.165) is 17.0 Å². The third-order valence-corrected chi connectivity index (χ3v) is 6.91. The van der Waals surface area contributed by atoms with Crippen molar-refractivity contribution in [2.24, 2.45) is 0 Å². The Morgan fingerprint density at radius 2 is 1.63 bits per heavy atom. The first kappa shape index (κ1) is 20.4. The molecule has 0 fully saturated rings. The van der Waals surface area contributed by atoms with Gasteiger partial charge >= 0.3 is 0 Å². The molecule has 0 aliphatic heterocycles. The maximum atomic E-state index is 13.0. The van der Waals surface area contributed by atoms with Crippen LogP contribution in [0, 0.1) is 13.8 Å². The molecule has 0 aliphatic carbocycles. The average Bonchev–Trinajstić information content (AvgIpc) is 3.31. The van der Waals surface area contributed by atoms with Gasteiger partial charge in [0.1, 0.15) is 0 Å². The first-order chi connectivity index (χ1) is 14.5. The summed E-state index contributed by atoms with van der Waals surface area (Å²) in [5, 5.41) is 8.20. The largest absolute Gasteiger partial charge is 0.374 e. The summed E-state index contributed by atoms with van der Waals surface area (Å²) in [6.07, 6.45) is 0. The number of nitrogens with two attached hydrogens (primary N) is 1. The highest BCUT2D eigenvalue weighted by Gasteiger charge is 2.23. The fourth-order valence-electron chi connectivity index (χ4n) is 3.70. The number of anilines is 1. The molecular weight excluding hydrogens is 412 g/mol. The number of aryl methyl sites for hydroxylation is 1. The molecule has 0 spiro atoms. The molecule has 30 heavy (non-hydrogen) atoms. The lowest BCUT2D eigenvalue weighted by Gasteiger charge is -2.24. The van der Waals surface area contributed by atoms with Gasteiger partial charge in [-0.1, -0.05) is 83.8 Å². The zero-order chi connectivity index (χ0) is 21.1. The molecule has 5 nitrogen and oxygen atoms in total. The van der Waals surface area contributed by atoms with Gasteiger partial charge in [-0.3, -0.25) is 4.79 Å². The van der Waals surface area contributed by atoms with Crippen molar-refractivity contribution in [2.75, 3.05) is 11.5 Å². The topological polar surface area (TPSA) is 73.8 Å². The van der Waals surface area contributed by atoms with Crippen LogP contribution in [0.15, 0.2) is 71.1 Å². The Morgan fingerprint density at radius 3 is 2.17 bits per heavy atom. The summed E-state index contributed by atoms with van der Waals surface area (Å²) in [6.45, 7) is 4.08. The van der Waals surface area contributed by atoms with Crippen molar-refractivity contribution in [3.63, 3.8) is 0 Å². The number of aromatic nitrogens is 3. The molecule has 4 rings (SSSR count). The third-order valence-electron chi connectivity index (χ3n) is 5.02. The summed E-state index contributed by atoms with van der Waals surface area (Å²) in [4.78, 5) is 13.0. The number of carbonyl (C=O) groups is 1. The Labute approximate surface area is 184 Å².